The number of carbonyl (C=O) groups is 2. The molecule has 0 atom stereocenters. The van der Waals surface area contributed by atoms with Gasteiger partial charge in [-0.2, -0.15) is 0 Å². The van der Waals surface area contributed by atoms with Gasteiger partial charge in [0.25, 0.3) is 5.91 Å². The number of rotatable bonds is 6. The van der Waals surface area contributed by atoms with Crippen molar-refractivity contribution in [2.75, 3.05) is 11.9 Å². The zero-order chi connectivity index (χ0) is 17.6. The van der Waals surface area contributed by atoms with Crippen LogP contribution in [0.5, 0.6) is 0 Å². The van der Waals surface area contributed by atoms with E-state index in [1.54, 1.807) is 16.7 Å². The molecule has 0 aliphatic heterocycles. The molecule has 0 saturated carbocycles. The summed E-state index contributed by atoms with van der Waals surface area (Å²) in [6, 6.07) is 11.4. The standard InChI is InChI=1S/C18H16N2O3S2/c1-2-12-5-7-13(8-6-12)19-16(21)10-23-18(22)14-11-25-17(20-14)15-4-3-9-24-15/h3-9,11H,2,10H2,1H3,(H,19,21). The Bertz CT molecular complexity index is 855. The second kappa shape index (κ2) is 8.04. The molecule has 0 aliphatic carbocycles. The maximum absolute atomic E-state index is 12.0. The number of nitrogens with zero attached hydrogens (tertiary/aromatic N) is 1. The van der Waals surface area contributed by atoms with Crippen molar-refractivity contribution in [2.45, 2.75) is 13.3 Å². The molecule has 5 nitrogen and oxygen atoms in total. The van der Waals surface area contributed by atoms with Crippen LogP contribution in [0, 0.1) is 0 Å². The third kappa shape index (κ3) is 4.52. The van der Waals surface area contributed by atoms with Crippen molar-refractivity contribution in [3.05, 3.63) is 58.4 Å². The van der Waals surface area contributed by atoms with Gasteiger partial charge in [-0.15, -0.1) is 22.7 Å². The number of aromatic nitrogens is 1. The van der Waals surface area contributed by atoms with E-state index in [1.807, 2.05) is 41.8 Å². The summed E-state index contributed by atoms with van der Waals surface area (Å²) >= 11 is 2.93. The highest BCUT2D eigenvalue weighted by atomic mass is 32.1. The van der Waals surface area contributed by atoms with E-state index in [4.69, 9.17) is 4.74 Å². The number of nitrogens with one attached hydrogen (secondary N) is 1. The highest BCUT2D eigenvalue weighted by Crippen LogP contribution is 2.27. The number of thiazole rings is 1. The fraction of sp³-hybridized carbons (Fsp3) is 0.167. The van der Waals surface area contributed by atoms with Crippen LogP contribution in [-0.4, -0.2) is 23.5 Å². The summed E-state index contributed by atoms with van der Waals surface area (Å²) in [7, 11) is 0. The number of thiophene rings is 1. The highest BCUT2D eigenvalue weighted by molar-refractivity contribution is 7.20. The Kier molecular flexibility index (Phi) is 5.57. The number of anilines is 1. The number of benzene rings is 1. The van der Waals surface area contributed by atoms with E-state index in [2.05, 4.69) is 17.2 Å². The molecule has 0 saturated heterocycles. The summed E-state index contributed by atoms with van der Waals surface area (Å²) < 4.78 is 5.03. The first-order chi connectivity index (χ1) is 12.2. The van der Waals surface area contributed by atoms with Crippen LogP contribution in [0.3, 0.4) is 0 Å². The van der Waals surface area contributed by atoms with E-state index < -0.39 is 5.97 Å². The molecule has 25 heavy (non-hydrogen) atoms. The van der Waals surface area contributed by atoms with Crippen molar-refractivity contribution in [1.29, 1.82) is 0 Å². The zero-order valence-electron chi connectivity index (χ0n) is 13.5. The zero-order valence-corrected chi connectivity index (χ0v) is 15.2. The average molecular weight is 372 g/mol. The van der Waals surface area contributed by atoms with Crippen molar-refractivity contribution >= 4 is 40.2 Å². The Morgan fingerprint density at radius 2 is 1.96 bits per heavy atom. The van der Waals surface area contributed by atoms with Crippen LogP contribution in [0.2, 0.25) is 0 Å². The maximum Gasteiger partial charge on any atom is 0.358 e. The minimum Gasteiger partial charge on any atom is -0.451 e. The summed E-state index contributed by atoms with van der Waals surface area (Å²) in [4.78, 5) is 29.2. The molecule has 1 N–H and O–H groups in total. The summed E-state index contributed by atoms with van der Waals surface area (Å²) in [5, 5.41) is 7.05. The Morgan fingerprint density at radius 3 is 2.64 bits per heavy atom. The van der Waals surface area contributed by atoms with Crippen LogP contribution in [0.4, 0.5) is 5.69 Å². The van der Waals surface area contributed by atoms with Gasteiger partial charge in [-0.3, -0.25) is 4.79 Å². The largest absolute Gasteiger partial charge is 0.451 e. The SMILES string of the molecule is CCc1ccc(NC(=O)COC(=O)c2csc(-c3cccs3)n2)cc1. The molecule has 0 bridgehead atoms. The Balaban J connectivity index is 1.52. The first-order valence-corrected chi connectivity index (χ1v) is 9.47. The summed E-state index contributed by atoms with van der Waals surface area (Å²) in [5.74, 6) is -0.984. The lowest BCUT2D eigenvalue weighted by Crippen LogP contribution is -2.21. The van der Waals surface area contributed by atoms with Crippen LogP contribution in [-0.2, 0) is 16.0 Å². The van der Waals surface area contributed by atoms with Gasteiger partial charge in [0, 0.05) is 11.1 Å². The Hall–Kier alpha value is -2.51. The lowest BCUT2D eigenvalue weighted by molar-refractivity contribution is -0.119. The fourth-order valence-corrected chi connectivity index (χ4v) is 3.71. The molecule has 3 aromatic rings. The highest BCUT2D eigenvalue weighted by Gasteiger charge is 2.15. The predicted molar refractivity (Wildman–Crippen MR) is 100 cm³/mol. The van der Waals surface area contributed by atoms with Gasteiger partial charge in [0.2, 0.25) is 0 Å². The lowest BCUT2D eigenvalue weighted by Gasteiger charge is -2.06. The molecule has 2 heterocycles. The molecule has 1 amide bonds. The molecule has 0 fully saturated rings. The molecule has 3 rings (SSSR count). The fourth-order valence-electron chi connectivity index (χ4n) is 2.11. The second-order valence-electron chi connectivity index (χ2n) is 5.19. The predicted octanol–water partition coefficient (Wildman–Crippen LogP) is 4.23. The quantitative estimate of drug-likeness (QED) is 0.658. The van der Waals surface area contributed by atoms with E-state index in [-0.39, 0.29) is 18.2 Å². The van der Waals surface area contributed by atoms with Gasteiger partial charge >= 0.3 is 5.97 Å². The number of esters is 1. The van der Waals surface area contributed by atoms with E-state index in [9.17, 15) is 9.59 Å². The summed E-state index contributed by atoms with van der Waals surface area (Å²) in [5.41, 5.74) is 2.08. The van der Waals surface area contributed by atoms with Crippen molar-refractivity contribution in [3.63, 3.8) is 0 Å². The molecular formula is C18H16N2O3S2. The molecule has 0 unspecified atom stereocenters. The number of aryl methyl sites for hydroxylation is 1. The number of hydrogen-bond acceptors (Lipinski definition) is 6. The molecule has 2 aromatic heterocycles. The van der Waals surface area contributed by atoms with Gasteiger partial charge in [0.1, 0.15) is 5.01 Å². The summed E-state index contributed by atoms with van der Waals surface area (Å²) in [6.45, 7) is 1.72. The van der Waals surface area contributed by atoms with Crippen LogP contribution < -0.4 is 5.32 Å². The Morgan fingerprint density at radius 1 is 1.16 bits per heavy atom. The first kappa shape index (κ1) is 17.3. The van der Waals surface area contributed by atoms with E-state index in [0.29, 0.717) is 5.69 Å². The number of amides is 1. The molecule has 0 aliphatic rings. The molecule has 128 valence electrons. The van der Waals surface area contributed by atoms with E-state index in [0.717, 1.165) is 16.3 Å². The van der Waals surface area contributed by atoms with E-state index >= 15 is 0 Å². The number of hydrogen-bond donors (Lipinski definition) is 1. The van der Waals surface area contributed by atoms with Crippen LogP contribution >= 0.6 is 22.7 Å². The van der Waals surface area contributed by atoms with Gasteiger partial charge in [0.05, 0.1) is 4.88 Å². The van der Waals surface area contributed by atoms with Gasteiger partial charge in [-0.05, 0) is 35.6 Å². The lowest BCUT2D eigenvalue weighted by atomic mass is 10.1. The third-order valence-electron chi connectivity index (χ3n) is 3.43. The van der Waals surface area contributed by atoms with Gasteiger partial charge in [-0.25, -0.2) is 9.78 Å². The molecular weight excluding hydrogens is 356 g/mol. The van der Waals surface area contributed by atoms with Crippen LogP contribution in [0.25, 0.3) is 9.88 Å². The van der Waals surface area contributed by atoms with E-state index in [1.165, 1.54) is 16.9 Å². The second-order valence-corrected chi connectivity index (χ2v) is 7.00. The van der Waals surface area contributed by atoms with Crippen molar-refractivity contribution in [2.24, 2.45) is 0 Å². The summed E-state index contributed by atoms with van der Waals surface area (Å²) in [6.07, 6.45) is 0.937. The van der Waals surface area contributed by atoms with Crippen LogP contribution in [0.1, 0.15) is 23.0 Å². The third-order valence-corrected chi connectivity index (χ3v) is 5.31. The molecule has 1 aromatic carbocycles. The van der Waals surface area contributed by atoms with Gasteiger partial charge in [-0.1, -0.05) is 25.1 Å². The van der Waals surface area contributed by atoms with Crippen molar-refractivity contribution in [1.82, 2.24) is 4.98 Å². The van der Waals surface area contributed by atoms with Gasteiger partial charge in [0.15, 0.2) is 12.3 Å². The Labute approximate surface area is 153 Å². The number of carbonyl (C=O) groups excluding carboxylic acids is 2. The first-order valence-electron chi connectivity index (χ1n) is 7.71. The molecule has 0 radical (unpaired) electrons. The topological polar surface area (TPSA) is 68.3 Å². The molecule has 7 heteroatoms. The van der Waals surface area contributed by atoms with Crippen LogP contribution in [0.15, 0.2) is 47.2 Å². The van der Waals surface area contributed by atoms with Crippen molar-refractivity contribution < 1.29 is 14.3 Å². The average Bonchev–Trinajstić information content (AvgIpc) is 3.31. The van der Waals surface area contributed by atoms with Crippen molar-refractivity contribution in [3.8, 4) is 9.88 Å². The maximum atomic E-state index is 12.0. The molecule has 0 spiro atoms. The number of ether oxygens (including phenoxy) is 1. The smallest absolute Gasteiger partial charge is 0.358 e. The monoisotopic (exact) mass is 372 g/mol. The minimum atomic E-state index is -0.601. The minimum absolute atomic E-state index is 0.216. The normalized spacial score (nSPS) is 10.4. The van der Waals surface area contributed by atoms with Gasteiger partial charge < -0.3 is 10.1 Å².